The fourth-order valence-electron chi connectivity index (χ4n) is 7.97. The lowest BCUT2D eigenvalue weighted by Crippen LogP contribution is -1.90. The molecule has 0 heteroatoms. The fraction of sp³-hybridized carbons (Fsp3) is 0. The lowest BCUT2D eigenvalue weighted by Gasteiger charge is -2.13. The van der Waals surface area contributed by atoms with Crippen molar-refractivity contribution in [3.05, 3.63) is 252 Å². The largest absolute Gasteiger partial charge is 0.0616 e. The van der Waals surface area contributed by atoms with E-state index in [-0.39, 0.29) is 0 Å². The van der Waals surface area contributed by atoms with Crippen molar-refractivity contribution in [1.29, 1.82) is 0 Å². The van der Waals surface area contributed by atoms with Crippen LogP contribution in [0.15, 0.2) is 218 Å². The lowest BCUT2D eigenvalue weighted by atomic mass is 9.91. The highest BCUT2D eigenvalue weighted by Gasteiger charge is 2.11. The van der Waals surface area contributed by atoms with Gasteiger partial charge in [-0.05, 0) is 135 Å². The SMILES string of the molecule is C(=C(c1ccc2ccccc2c1)c1ccc2ccccc2c1)c1ccc(-c2ccc(C=C(c3ccc4ccccc4c3)c3ccc4ccccc4c3)cc2)cc1. The van der Waals surface area contributed by atoms with Crippen LogP contribution in [0.1, 0.15) is 33.4 Å². The van der Waals surface area contributed by atoms with Crippen molar-refractivity contribution in [3.63, 3.8) is 0 Å². The molecule has 0 heterocycles. The third-order valence-corrected chi connectivity index (χ3v) is 11.0. The van der Waals surface area contributed by atoms with Gasteiger partial charge in [-0.25, -0.2) is 0 Å². The minimum Gasteiger partial charge on any atom is -0.0616 e. The second-order valence-electron chi connectivity index (χ2n) is 14.6. The Morgan fingerprint density at radius 2 is 0.482 bits per heavy atom. The molecule has 0 nitrogen and oxygen atoms in total. The zero-order valence-corrected chi connectivity index (χ0v) is 30.9. The average Bonchev–Trinajstić information content (AvgIpc) is 3.27. The second kappa shape index (κ2) is 14.5. The van der Waals surface area contributed by atoms with Gasteiger partial charge >= 0.3 is 0 Å². The van der Waals surface area contributed by atoms with Crippen LogP contribution in [0.2, 0.25) is 0 Å². The fourth-order valence-corrected chi connectivity index (χ4v) is 7.97. The van der Waals surface area contributed by atoms with Crippen molar-refractivity contribution in [1.82, 2.24) is 0 Å². The smallest absolute Gasteiger partial charge is 0.0105 e. The van der Waals surface area contributed by atoms with Gasteiger partial charge in [-0.3, -0.25) is 0 Å². The molecule has 0 amide bonds. The van der Waals surface area contributed by atoms with Gasteiger partial charge in [-0.2, -0.15) is 0 Å². The van der Waals surface area contributed by atoms with Crippen LogP contribution < -0.4 is 0 Å². The normalized spacial score (nSPS) is 11.2. The Bertz CT molecular complexity index is 2730. The zero-order valence-electron chi connectivity index (χ0n) is 30.9. The van der Waals surface area contributed by atoms with E-state index in [9.17, 15) is 0 Å². The maximum Gasteiger partial charge on any atom is -0.0105 e. The number of fused-ring (bicyclic) bond motifs is 4. The molecular weight excluding hydrogens is 673 g/mol. The molecule has 0 saturated carbocycles. The van der Waals surface area contributed by atoms with Gasteiger partial charge in [0.1, 0.15) is 0 Å². The number of hydrogen-bond acceptors (Lipinski definition) is 0. The van der Waals surface area contributed by atoms with Crippen LogP contribution >= 0.6 is 0 Å². The molecule has 10 aromatic rings. The first-order valence-electron chi connectivity index (χ1n) is 19.3. The molecule has 10 rings (SSSR count). The van der Waals surface area contributed by atoms with Crippen LogP contribution in [-0.4, -0.2) is 0 Å². The van der Waals surface area contributed by atoms with Gasteiger partial charge in [-0.15, -0.1) is 0 Å². The summed E-state index contributed by atoms with van der Waals surface area (Å²) in [6, 6.07) is 79.4. The molecule has 0 aliphatic heterocycles. The Balaban J connectivity index is 0.988. The Hall–Kier alpha value is -7.28. The molecule has 0 radical (unpaired) electrons. The number of rotatable bonds is 7. The van der Waals surface area contributed by atoms with Gasteiger partial charge in [-0.1, -0.05) is 194 Å². The maximum absolute atomic E-state index is 2.33. The van der Waals surface area contributed by atoms with Gasteiger partial charge < -0.3 is 0 Å². The number of benzene rings is 10. The molecule has 0 atom stereocenters. The standard InChI is InChI=1S/C56H38/c1-5-13-47-35-51(29-25-41(47)9-1)55(52-30-26-42-10-2-6-14-48(42)36-52)33-39-17-21-45(22-18-39)46-23-19-40(20-24-46)34-56(53-31-27-43-11-3-7-15-49(43)37-53)54-32-28-44-12-4-8-16-50(44)38-54/h1-38H. The monoisotopic (exact) mass is 710 g/mol. The Morgan fingerprint density at radius 1 is 0.232 bits per heavy atom. The molecule has 0 saturated heterocycles. The third kappa shape index (κ3) is 6.70. The molecule has 0 aliphatic rings. The minimum absolute atomic E-state index is 1.17. The van der Waals surface area contributed by atoms with Gasteiger partial charge in [0.05, 0.1) is 0 Å². The summed E-state index contributed by atoms with van der Waals surface area (Å²) >= 11 is 0. The molecule has 56 heavy (non-hydrogen) atoms. The van der Waals surface area contributed by atoms with E-state index in [1.54, 1.807) is 0 Å². The van der Waals surface area contributed by atoms with Crippen molar-refractivity contribution in [2.75, 3.05) is 0 Å². The molecule has 262 valence electrons. The predicted molar refractivity (Wildman–Crippen MR) is 242 cm³/mol. The molecule has 0 spiro atoms. The highest BCUT2D eigenvalue weighted by molar-refractivity contribution is 6.00. The molecule has 0 N–H and O–H groups in total. The van der Waals surface area contributed by atoms with Crippen molar-refractivity contribution in [2.24, 2.45) is 0 Å². The van der Waals surface area contributed by atoms with Gasteiger partial charge in [0.2, 0.25) is 0 Å². The van der Waals surface area contributed by atoms with Gasteiger partial charge in [0.15, 0.2) is 0 Å². The van der Waals surface area contributed by atoms with E-state index in [1.807, 2.05) is 0 Å². The van der Waals surface area contributed by atoms with Crippen LogP contribution in [0.3, 0.4) is 0 Å². The summed E-state index contributed by atoms with van der Waals surface area (Å²) in [5.41, 5.74) is 12.0. The Kier molecular flexibility index (Phi) is 8.63. The first-order valence-corrected chi connectivity index (χ1v) is 19.3. The molecule has 0 aromatic heterocycles. The van der Waals surface area contributed by atoms with E-state index in [4.69, 9.17) is 0 Å². The first kappa shape index (κ1) is 33.3. The van der Waals surface area contributed by atoms with Crippen molar-refractivity contribution < 1.29 is 0 Å². The molecule has 0 unspecified atom stereocenters. The molecule has 10 aromatic carbocycles. The summed E-state index contributed by atoms with van der Waals surface area (Å²) in [6.07, 6.45) is 4.65. The highest BCUT2D eigenvalue weighted by Crippen LogP contribution is 2.34. The summed E-state index contributed by atoms with van der Waals surface area (Å²) in [5.74, 6) is 0. The quantitative estimate of drug-likeness (QED) is 0.144. The van der Waals surface area contributed by atoms with E-state index >= 15 is 0 Å². The average molecular weight is 711 g/mol. The van der Waals surface area contributed by atoms with Gasteiger partial charge in [0, 0.05) is 0 Å². The first-order chi connectivity index (χ1) is 27.7. The highest BCUT2D eigenvalue weighted by atomic mass is 14.1. The van der Waals surface area contributed by atoms with E-state index in [0.29, 0.717) is 0 Å². The van der Waals surface area contributed by atoms with E-state index in [2.05, 4.69) is 231 Å². The van der Waals surface area contributed by atoms with Crippen molar-refractivity contribution in [2.45, 2.75) is 0 Å². The summed E-state index contributed by atoms with van der Waals surface area (Å²) in [4.78, 5) is 0. The van der Waals surface area contributed by atoms with Crippen LogP contribution in [-0.2, 0) is 0 Å². The van der Waals surface area contributed by atoms with Crippen LogP contribution in [0.25, 0.3) is 77.5 Å². The minimum atomic E-state index is 1.17. The summed E-state index contributed by atoms with van der Waals surface area (Å²) in [7, 11) is 0. The number of hydrogen-bond donors (Lipinski definition) is 0. The molecule has 0 aliphatic carbocycles. The van der Waals surface area contributed by atoms with Crippen molar-refractivity contribution in [3.8, 4) is 11.1 Å². The zero-order chi connectivity index (χ0) is 37.3. The maximum atomic E-state index is 2.33. The molecule has 0 fully saturated rings. The summed E-state index contributed by atoms with van der Waals surface area (Å²) in [6.45, 7) is 0. The van der Waals surface area contributed by atoms with E-state index in [0.717, 1.165) is 0 Å². The molecular formula is C56H38. The topological polar surface area (TPSA) is 0 Å². The molecule has 0 bridgehead atoms. The summed E-state index contributed by atoms with van der Waals surface area (Å²) in [5, 5.41) is 9.96. The predicted octanol–water partition coefficient (Wildman–Crippen LogP) is 15.1. The van der Waals surface area contributed by atoms with E-state index in [1.165, 1.54) is 98.7 Å². The van der Waals surface area contributed by atoms with Crippen LogP contribution in [0.4, 0.5) is 0 Å². The lowest BCUT2D eigenvalue weighted by molar-refractivity contribution is 1.56. The van der Waals surface area contributed by atoms with Crippen LogP contribution in [0.5, 0.6) is 0 Å². The third-order valence-electron chi connectivity index (χ3n) is 11.0. The Morgan fingerprint density at radius 3 is 0.750 bits per heavy atom. The van der Waals surface area contributed by atoms with E-state index < -0.39 is 0 Å². The van der Waals surface area contributed by atoms with Gasteiger partial charge in [0.25, 0.3) is 0 Å². The summed E-state index contributed by atoms with van der Waals surface area (Å²) < 4.78 is 0. The second-order valence-corrected chi connectivity index (χ2v) is 14.6. The van der Waals surface area contributed by atoms with Crippen molar-refractivity contribution >= 4 is 66.4 Å². The van der Waals surface area contributed by atoms with Crippen LogP contribution in [0, 0.1) is 0 Å². The Labute approximate surface area is 328 Å².